The fraction of sp³-hybridized carbons (Fsp3) is 0.455. The minimum absolute atomic E-state index is 0.866. The van der Waals surface area contributed by atoms with E-state index in [1.807, 2.05) is 37.4 Å². The Morgan fingerprint density at radius 1 is 1.07 bits per heavy atom. The minimum Gasteiger partial charge on any atom is -0.496 e. The van der Waals surface area contributed by atoms with Gasteiger partial charge in [0.25, 0.3) is 0 Å². The molecule has 0 radical (unpaired) electrons. The van der Waals surface area contributed by atoms with Crippen LogP contribution in [0, 0.1) is 0 Å². The van der Waals surface area contributed by atoms with Gasteiger partial charge in [-0.1, -0.05) is 0 Å². The van der Waals surface area contributed by atoms with E-state index in [2.05, 4.69) is 0 Å². The first-order valence-corrected chi connectivity index (χ1v) is 5.83. The molecule has 0 saturated carbocycles. The van der Waals surface area contributed by atoms with Crippen LogP contribution in [-0.4, -0.2) is 34.6 Å². The first-order chi connectivity index (χ1) is 7.13. The van der Waals surface area contributed by atoms with E-state index >= 15 is 0 Å². The third-order valence-corrected chi connectivity index (χ3v) is 2.93. The molecule has 0 heterocycles. The minimum atomic E-state index is 0.866. The Kier molecular flexibility index (Phi) is 4.15. The maximum absolute atomic E-state index is 5.34. The summed E-state index contributed by atoms with van der Waals surface area (Å²) in [6.45, 7) is 0. The molecule has 0 aliphatic rings. The maximum Gasteiger partial charge on any atom is 0.143 e. The topological polar surface area (TPSA) is 21.7 Å². The number of thioether (sulfide) groups is 1. The molecule has 0 unspecified atom stereocenters. The summed E-state index contributed by atoms with van der Waals surface area (Å²) in [5, 5.41) is 0. The zero-order chi connectivity index (χ0) is 11.4. The van der Waals surface area contributed by atoms with Crippen molar-refractivity contribution in [2.24, 2.45) is 0 Å². The quantitative estimate of drug-likeness (QED) is 0.737. The number of ether oxygens (including phenoxy) is 2. The highest BCUT2D eigenvalue weighted by Gasteiger charge is 2.11. The van der Waals surface area contributed by atoms with Gasteiger partial charge in [0.1, 0.15) is 11.5 Å². The zero-order valence-electron chi connectivity index (χ0n) is 9.83. The van der Waals surface area contributed by atoms with Gasteiger partial charge in [0.15, 0.2) is 0 Å². The van der Waals surface area contributed by atoms with Crippen molar-refractivity contribution < 1.29 is 9.47 Å². The smallest absolute Gasteiger partial charge is 0.143 e. The lowest BCUT2D eigenvalue weighted by atomic mass is 10.2. The molecule has 0 amide bonds. The van der Waals surface area contributed by atoms with Crippen molar-refractivity contribution in [2.75, 3.05) is 39.5 Å². The van der Waals surface area contributed by atoms with Crippen LogP contribution in [-0.2, 0) is 0 Å². The number of hydrogen-bond donors (Lipinski definition) is 0. The molecule has 0 aromatic heterocycles. The normalized spacial score (nSPS) is 9.93. The summed E-state index contributed by atoms with van der Waals surface area (Å²) in [7, 11) is 7.33. The lowest BCUT2D eigenvalue weighted by Gasteiger charge is -2.19. The van der Waals surface area contributed by atoms with Gasteiger partial charge in [-0.15, -0.1) is 11.8 Å². The van der Waals surface area contributed by atoms with Gasteiger partial charge in [-0.3, -0.25) is 0 Å². The standard InChI is InChI=1S/C11H17NO2S/c1-12(2)8-6-10(14-4)11(15-5)7-9(8)13-3/h6-7H,1-5H3. The van der Waals surface area contributed by atoms with Gasteiger partial charge in [0, 0.05) is 20.2 Å². The highest BCUT2D eigenvalue weighted by atomic mass is 32.2. The first kappa shape index (κ1) is 12.0. The van der Waals surface area contributed by atoms with Gasteiger partial charge < -0.3 is 14.4 Å². The molecule has 1 aromatic carbocycles. The van der Waals surface area contributed by atoms with E-state index in [-0.39, 0.29) is 0 Å². The summed E-state index contributed by atoms with van der Waals surface area (Å²) < 4.78 is 10.7. The van der Waals surface area contributed by atoms with Crippen LogP contribution in [0.15, 0.2) is 17.0 Å². The van der Waals surface area contributed by atoms with Crippen LogP contribution in [0.3, 0.4) is 0 Å². The summed E-state index contributed by atoms with van der Waals surface area (Å²) in [6, 6.07) is 3.99. The Hall–Kier alpha value is -1.03. The van der Waals surface area contributed by atoms with Crippen LogP contribution in [0.1, 0.15) is 0 Å². The monoisotopic (exact) mass is 227 g/mol. The number of anilines is 1. The Labute approximate surface area is 95.4 Å². The van der Waals surface area contributed by atoms with E-state index in [1.165, 1.54) is 0 Å². The molecular weight excluding hydrogens is 210 g/mol. The molecule has 1 aromatic rings. The zero-order valence-corrected chi connectivity index (χ0v) is 10.6. The third-order valence-electron chi connectivity index (χ3n) is 2.17. The molecule has 84 valence electrons. The van der Waals surface area contributed by atoms with Gasteiger partial charge in [0.2, 0.25) is 0 Å². The number of rotatable bonds is 4. The lowest BCUT2D eigenvalue weighted by molar-refractivity contribution is 0.394. The predicted octanol–water partition coefficient (Wildman–Crippen LogP) is 2.49. The predicted molar refractivity (Wildman–Crippen MR) is 65.7 cm³/mol. The molecule has 4 heteroatoms. The largest absolute Gasteiger partial charge is 0.496 e. The first-order valence-electron chi connectivity index (χ1n) is 4.61. The van der Waals surface area contributed by atoms with Gasteiger partial charge in [0.05, 0.1) is 24.8 Å². The van der Waals surface area contributed by atoms with E-state index in [9.17, 15) is 0 Å². The van der Waals surface area contributed by atoms with E-state index in [0.717, 1.165) is 22.1 Å². The van der Waals surface area contributed by atoms with Crippen molar-refractivity contribution in [3.8, 4) is 11.5 Å². The average molecular weight is 227 g/mol. The van der Waals surface area contributed by atoms with Crippen LogP contribution < -0.4 is 14.4 Å². The van der Waals surface area contributed by atoms with Crippen LogP contribution in [0.2, 0.25) is 0 Å². The molecule has 0 bridgehead atoms. The van der Waals surface area contributed by atoms with Crippen molar-refractivity contribution in [3.05, 3.63) is 12.1 Å². The SMILES string of the molecule is COc1cc(N(C)C)c(OC)cc1SC. The molecule has 1 rings (SSSR count). The second kappa shape index (κ2) is 5.16. The molecule has 0 spiro atoms. The highest BCUT2D eigenvalue weighted by Crippen LogP contribution is 2.38. The second-order valence-corrected chi connectivity index (χ2v) is 4.12. The number of hydrogen-bond acceptors (Lipinski definition) is 4. The van der Waals surface area contributed by atoms with Crippen LogP contribution in [0.4, 0.5) is 5.69 Å². The summed E-state index contributed by atoms with van der Waals surface area (Å²) in [5.74, 6) is 1.75. The summed E-state index contributed by atoms with van der Waals surface area (Å²) >= 11 is 1.65. The van der Waals surface area contributed by atoms with Crippen molar-refractivity contribution in [3.63, 3.8) is 0 Å². The maximum atomic E-state index is 5.34. The van der Waals surface area contributed by atoms with E-state index in [4.69, 9.17) is 9.47 Å². The van der Waals surface area contributed by atoms with Crippen LogP contribution in [0.5, 0.6) is 11.5 Å². The third kappa shape index (κ3) is 2.50. The molecular formula is C11H17NO2S. The molecule has 0 atom stereocenters. The van der Waals surface area contributed by atoms with Crippen molar-refractivity contribution in [1.29, 1.82) is 0 Å². The molecule has 15 heavy (non-hydrogen) atoms. The summed E-state index contributed by atoms with van der Waals surface area (Å²) in [4.78, 5) is 3.09. The van der Waals surface area contributed by atoms with E-state index in [1.54, 1.807) is 26.0 Å². The number of nitrogens with zero attached hydrogens (tertiary/aromatic N) is 1. The second-order valence-electron chi connectivity index (χ2n) is 3.27. The number of benzene rings is 1. The van der Waals surface area contributed by atoms with Crippen molar-refractivity contribution >= 4 is 17.4 Å². The van der Waals surface area contributed by atoms with Gasteiger partial charge >= 0.3 is 0 Å². The van der Waals surface area contributed by atoms with Gasteiger partial charge in [-0.05, 0) is 12.3 Å². The van der Waals surface area contributed by atoms with Crippen LogP contribution in [0.25, 0.3) is 0 Å². The molecule has 0 saturated heterocycles. The van der Waals surface area contributed by atoms with E-state index in [0.29, 0.717) is 0 Å². The Bertz CT molecular complexity index is 340. The van der Waals surface area contributed by atoms with Gasteiger partial charge in [-0.2, -0.15) is 0 Å². The average Bonchev–Trinajstić information content (AvgIpc) is 2.26. The van der Waals surface area contributed by atoms with Crippen LogP contribution >= 0.6 is 11.8 Å². The summed E-state index contributed by atoms with van der Waals surface area (Å²) in [5.41, 5.74) is 1.02. The van der Waals surface area contributed by atoms with Gasteiger partial charge in [-0.25, -0.2) is 0 Å². The Morgan fingerprint density at radius 2 is 1.67 bits per heavy atom. The Morgan fingerprint density at radius 3 is 2.07 bits per heavy atom. The van der Waals surface area contributed by atoms with E-state index < -0.39 is 0 Å². The fourth-order valence-corrected chi connectivity index (χ4v) is 1.93. The summed E-state index contributed by atoms with van der Waals surface area (Å²) in [6.07, 6.45) is 2.02. The highest BCUT2D eigenvalue weighted by molar-refractivity contribution is 7.98. The fourth-order valence-electron chi connectivity index (χ4n) is 1.36. The number of methoxy groups -OCH3 is 2. The molecule has 0 aliphatic heterocycles. The molecule has 0 N–H and O–H groups in total. The van der Waals surface area contributed by atoms with Crippen molar-refractivity contribution in [2.45, 2.75) is 4.90 Å². The van der Waals surface area contributed by atoms with Crippen molar-refractivity contribution in [1.82, 2.24) is 0 Å². The lowest BCUT2D eigenvalue weighted by Crippen LogP contribution is -2.10. The molecule has 3 nitrogen and oxygen atoms in total. The molecule has 0 fully saturated rings. The Balaban J connectivity index is 3.27. The molecule has 0 aliphatic carbocycles.